The smallest absolute Gasteiger partial charge is 0.311 e. The van der Waals surface area contributed by atoms with E-state index < -0.39 is 11.4 Å². The van der Waals surface area contributed by atoms with Crippen molar-refractivity contribution < 1.29 is 14.7 Å². The van der Waals surface area contributed by atoms with Crippen LogP contribution in [0.4, 0.5) is 0 Å². The largest absolute Gasteiger partial charge is 0.481 e. The van der Waals surface area contributed by atoms with E-state index in [1.807, 2.05) is 6.92 Å². The number of nitrogens with zero attached hydrogens (tertiary/aromatic N) is 1. The molecule has 0 aromatic carbocycles. The van der Waals surface area contributed by atoms with Crippen LogP contribution < -0.4 is 5.32 Å². The summed E-state index contributed by atoms with van der Waals surface area (Å²) >= 11 is 0. The fourth-order valence-electron chi connectivity index (χ4n) is 3.33. The van der Waals surface area contributed by atoms with Crippen molar-refractivity contribution in [2.45, 2.75) is 57.9 Å². The summed E-state index contributed by atoms with van der Waals surface area (Å²) in [5.74, 6) is -0.641. The summed E-state index contributed by atoms with van der Waals surface area (Å²) in [5, 5.41) is 12.8. The van der Waals surface area contributed by atoms with E-state index in [4.69, 9.17) is 0 Å². The van der Waals surface area contributed by atoms with Crippen LogP contribution in [0.25, 0.3) is 0 Å². The second-order valence-electron chi connectivity index (χ2n) is 6.19. The fourth-order valence-corrected chi connectivity index (χ4v) is 3.33. The quantitative estimate of drug-likeness (QED) is 0.804. The number of aliphatic carboxylic acids is 1. The normalized spacial score (nSPS) is 30.4. The maximum Gasteiger partial charge on any atom is 0.311 e. The number of hydrogen-bond acceptors (Lipinski definition) is 3. The van der Waals surface area contributed by atoms with E-state index in [0.29, 0.717) is 38.4 Å². The van der Waals surface area contributed by atoms with Crippen LogP contribution in [0, 0.1) is 5.41 Å². The van der Waals surface area contributed by atoms with E-state index in [0.717, 1.165) is 19.4 Å². The van der Waals surface area contributed by atoms with E-state index >= 15 is 0 Å². The average Bonchev–Trinajstić information content (AvgIpc) is 2.92. The Morgan fingerprint density at radius 3 is 2.75 bits per heavy atom. The lowest BCUT2D eigenvalue weighted by Crippen LogP contribution is -2.38. The van der Waals surface area contributed by atoms with Crippen molar-refractivity contribution in [1.29, 1.82) is 0 Å². The van der Waals surface area contributed by atoms with Gasteiger partial charge >= 0.3 is 5.97 Å². The molecule has 2 unspecified atom stereocenters. The molecule has 2 fully saturated rings. The second-order valence-corrected chi connectivity index (χ2v) is 6.19. The third-order valence-electron chi connectivity index (χ3n) is 4.96. The van der Waals surface area contributed by atoms with Crippen LogP contribution in [-0.2, 0) is 9.59 Å². The van der Waals surface area contributed by atoms with Crippen molar-refractivity contribution in [1.82, 2.24) is 10.2 Å². The molecule has 114 valence electrons. The van der Waals surface area contributed by atoms with Crippen molar-refractivity contribution in [3.8, 4) is 0 Å². The highest BCUT2D eigenvalue weighted by Crippen LogP contribution is 2.34. The first-order valence-corrected chi connectivity index (χ1v) is 7.82. The van der Waals surface area contributed by atoms with E-state index in [9.17, 15) is 14.7 Å². The number of rotatable bonds is 5. The van der Waals surface area contributed by atoms with Gasteiger partial charge in [0, 0.05) is 25.6 Å². The van der Waals surface area contributed by atoms with Gasteiger partial charge in [0.2, 0.25) is 5.91 Å². The number of carboxylic acid groups (broad SMARTS) is 1. The molecule has 2 heterocycles. The topological polar surface area (TPSA) is 69.6 Å². The van der Waals surface area contributed by atoms with Crippen molar-refractivity contribution in [2.24, 2.45) is 5.41 Å². The van der Waals surface area contributed by atoms with Crippen LogP contribution in [0.2, 0.25) is 0 Å². The second kappa shape index (κ2) is 6.57. The molecular formula is C15H26N2O3. The van der Waals surface area contributed by atoms with Crippen molar-refractivity contribution >= 4 is 11.9 Å². The molecule has 2 saturated heterocycles. The molecule has 0 spiro atoms. The van der Waals surface area contributed by atoms with Crippen LogP contribution in [0.15, 0.2) is 0 Å². The van der Waals surface area contributed by atoms with Gasteiger partial charge < -0.3 is 15.3 Å². The molecule has 2 atom stereocenters. The molecule has 1 amide bonds. The lowest BCUT2D eigenvalue weighted by molar-refractivity contribution is -0.148. The van der Waals surface area contributed by atoms with E-state index in [2.05, 4.69) is 5.32 Å². The Morgan fingerprint density at radius 2 is 2.20 bits per heavy atom. The molecular weight excluding hydrogens is 256 g/mol. The van der Waals surface area contributed by atoms with Gasteiger partial charge in [0.25, 0.3) is 0 Å². The summed E-state index contributed by atoms with van der Waals surface area (Å²) < 4.78 is 0. The monoisotopic (exact) mass is 282 g/mol. The summed E-state index contributed by atoms with van der Waals surface area (Å²) in [7, 11) is 0. The molecule has 2 rings (SSSR count). The van der Waals surface area contributed by atoms with E-state index in [1.54, 1.807) is 4.90 Å². The predicted molar refractivity (Wildman–Crippen MR) is 76.4 cm³/mol. The van der Waals surface area contributed by atoms with Gasteiger partial charge in [-0.05, 0) is 38.6 Å². The Balaban J connectivity index is 1.80. The molecule has 0 radical (unpaired) electrons. The summed E-state index contributed by atoms with van der Waals surface area (Å²) in [6, 6.07) is 0.464. The number of piperidine rings is 1. The number of carbonyl (C=O) groups excluding carboxylic acids is 1. The molecule has 0 aromatic rings. The summed E-state index contributed by atoms with van der Waals surface area (Å²) in [5.41, 5.74) is -0.710. The van der Waals surface area contributed by atoms with Gasteiger partial charge in [-0.25, -0.2) is 0 Å². The minimum absolute atomic E-state index is 0.119. The van der Waals surface area contributed by atoms with Gasteiger partial charge in [-0.15, -0.1) is 0 Å². The molecule has 2 aliphatic rings. The first-order chi connectivity index (χ1) is 9.57. The number of carbonyl (C=O) groups is 2. The van der Waals surface area contributed by atoms with E-state index in [-0.39, 0.29) is 5.91 Å². The van der Waals surface area contributed by atoms with Gasteiger partial charge in [-0.2, -0.15) is 0 Å². The summed E-state index contributed by atoms with van der Waals surface area (Å²) in [4.78, 5) is 25.3. The first-order valence-electron chi connectivity index (χ1n) is 7.82. The van der Waals surface area contributed by atoms with Crippen molar-refractivity contribution in [3.05, 3.63) is 0 Å². The van der Waals surface area contributed by atoms with Crippen molar-refractivity contribution in [2.75, 3.05) is 19.6 Å². The highest BCUT2D eigenvalue weighted by molar-refractivity contribution is 5.80. The zero-order chi connectivity index (χ0) is 14.6. The number of hydrogen-bond donors (Lipinski definition) is 2. The molecule has 5 heteroatoms. The van der Waals surface area contributed by atoms with Crippen LogP contribution in [0.5, 0.6) is 0 Å². The highest BCUT2D eigenvalue weighted by atomic mass is 16.4. The Bertz CT molecular complexity index is 366. The number of carboxylic acids is 1. The number of likely N-dealkylation sites (tertiary alicyclic amines) is 1. The minimum Gasteiger partial charge on any atom is -0.481 e. The highest BCUT2D eigenvalue weighted by Gasteiger charge is 2.44. The van der Waals surface area contributed by atoms with Crippen LogP contribution in [0.1, 0.15) is 51.9 Å². The third kappa shape index (κ3) is 3.32. The maximum atomic E-state index is 12.2. The average molecular weight is 282 g/mol. The molecule has 5 nitrogen and oxygen atoms in total. The standard InChI is InChI=1S/C15H26N2O3/c1-2-15(14(19)20)8-10-17(11-15)13(18)7-6-12-5-3-4-9-16-12/h12,16H,2-11H2,1H3,(H,19,20). The van der Waals surface area contributed by atoms with Gasteiger partial charge in [0.05, 0.1) is 5.41 Å². The van der Waals surface area contributed by atoms with Crippen LogP contribution >= 0.6 is 0 Å². The summed E-state index contributed by atoms with van der Waals surface area (Å²) in [6.45, 7) is 3.93. The van der Waals surface area contributed by atoms with Gasteiger partial charge in [0.15, 0.2) is 0 Å². The molecule has 0 saturated carbocycles. The zero-order valence-electron chi connectivity index (χ0n) is 12.4. The molecule has 2 N–H and O–H groups in total. The van der Waals surface area contributed by atoms with Gasteiger partial charge in [-0.1, -0.05) is 13.3 Å². The Morgan fingerprint density at radius 1 is 1.40 bits per heavy atom. The Kier molecular flexibility index (Phi) is 5.02. The van der Waals surface area contributed by atoms with Crippen LogP contribution in [-0.4, -0.2) is 47.6 Å². The molecule has 0 aliphatic carbocycles. The van der Waals surface area contributed by atoms with Crippen molar-refractivity contribution in [3.63, 3.8) is 0 Å². The first kappa shape index (κ1) is 15.3. The maximum absolute atomic E-state index is 12.2. The van der Waals surface area contributed by atoms with Gasteiger partial charge in [-0.3, -0.25) is 9.59 Å². The summed E-state index contributed by atoms with van der Waals surface area (Å²) in [6.07, 6.45) is 6.23. The lowest BCUT2D eigenvalue weighted by Gasteiger charge is -2.25. The molecule has 0 aromatic heterocycles. The number of amides is 1. The van der Waals surface area contributed by atoms with Gasteiger partial charge in [0.1, 0.15) is 0 Å². The van der Waals surface area contributed by atoms with Crippen LogP contribution in [0.3, 0.4) is 0 Å². The Hall–Kier alpha value is -1.10. The Labute approximate surface area is 120 Å². The number of nitrogens with one attached hydrogen (secondary N) is 1. The molecule has 2 aliphatic heterocycles. The predicted octanol–water partition coefficient (Wildman–Crippen LogP) is 1.62. The lowest BCUT2D eigenvalue weighted by atomic mass is 9.84. The SMILES string of the molecule is CCC1(C(=O)O)CCN(C(=O)CCC2CCCCN2)C1. The minimum atomic E-state index is -0.760. The zero-order valence-corrected chi connectivity index (χ0v) is 12.4. The van der Waals surface area contributed by atoms with E-state index in [1.165, 1.54) is 12.8 Å². The molecule has 20 heavy (non-hydrogen) atoms. The molecule has 0 bridgehead atoms. The fraction of sp³-hybridized carbons (Fsp3) is 0.867. The third-order valence-corrected chi connectivity index (χ3v) is 4.96.